The molecular formula is C63H94N2O13S4. The zero-order valence-electron chi connectivity index (χ0n) is 48.6. The molecule has 82 heavy (non-hydrogen) atoms. The molecule has 4 aliphatic heterocycles. The molecule has 2 saturated heterocycles. The maximum absolute atomic E-state index is 13.9. The number of hydrogen-bond acceptors (Lipinski definition) is 18. The molecule has 5 fully saturated rings. The van der Waals surface area contributed by atoms with Crippen molar-refractivity contribution in [2.45, 2.75) is 196 Å². The molecular weight excluding hydrogens is 1120 g/mol. The Morgan fingerprint density at radius 1 is 0.768 bits per heavy atom. The van der Waals surface area contributed by atoms with Crippen LogP contribution in [-0.2, 0) is 27.1 Å². The molecule has 16 unspecified atom stereocenters. The maximum atomic E-state index is 13.9. The lowest BCUT2D eigenvalue weighted by Crippen LogP contribution is -2.53. The minimum Gasteiger partial charge on any atom is -0.504 e. The van der Waals surface area contributed by atoms with Gasteiger partial charge in [-0.3, -0.25) is 4.79 Å². The third-order valence-corrected chi connectivity index (χ3v) is 25.0. The summed E-state index contributed by atoms with van der Waals surface area (Å²) < 4.78 is 30.2. The van der Waals surface area contributed by atoms with E-state index in [1.807, 2.05) is 16.9 Å². The van der Waals surface area contributed by atoms with Crippen LogP contribution >= 0.6 is 43.2 Å². The molecule has 15 nitrogen and oxygen atoms in total. The van der Waals surface area contributed by atoms with Gasteiger partial charge in [0.1, 0.15) is 6.79 Å². The summed E-state index contributed by atoms with van der Waals surface area (Å²) in [6.45, 7) is 3.22. The van der Waals surface area contributed by atoms with Gasteiger partial charge in [0.2, 0.25) is 11.7 Å². The molecule has 2 aromatic rings. The highest BCUT2D eigenvalue weighted by Gasteiger charge is 2.54. The highest BCUT2D eigenvalue weighted by atomic mass is 33.1. The molecule has 1 spiro atoms. The summed E-state index contributed by atoms with van der Waals surface area (Å²) >= 11 is 0. The average Bonchev–Trinajstić information content (AvgIpc) is 3.49. The summed E-state index contributed by atoms with van der Waals surface area (Å²) in [7, 11) is 9.50. The van der Waals surface area contributed by atoms with Gasteiger partial charge in [0.05, 0.1) is 56.8 Å². The van der Waals surface area contributed by atoms with E-state index in [9.17, 15) is 40.5 Å². The van der Waals surface area contributed by atoms with Gasteiger partial charge in [-0.15, -0.1) is 5.92 Å². The van der Waals surface area contributed by atoms with Gasteiger partial charge in [-0.05, 0) is 167 Å². The van der Waals surface area contributed by atoms with Gasteiger partial charge in [-0.25, -0.2) is 0 Å². The number of aryl methyl sites for hydroxylation is 1. The van der Waals surface area contributed by atoms with Crippen LogP contribution in [0.4, 0.5) is 0 Å². The second-order valence-corrected chi connectivity index (χ2v) is 30.0. The van der Waals surface area contributed by atoms with Crippen molar-refractivity contribution in [3.05, 3.63) is 41.0 Å². The van der Waals surface area contributed by atoms with E-state index >= 15 is 0 Å². The molecule has 2 bridgehead atoms. The summed E-state index contributed by atoms with van der Waals surface area (Å²) in [5, 5.41) is 86.7. The number of hydrogen-bond donors (Lipinski definition) is 9. The van der Waals surface area contributed by atoms with Crippen LogP contribution in [0.15, 0.2) is 24.3 Å². The molecule has 458 valence electrons. The van der Waals surface area contributed by atoms with Gasteiger partial charge >= 0.3 is 0 Å². The summed E-state index contributed by atoms with van der Waals surface area (Å²) in [6, 6.07) is 7.22. The standard InChI is InChI=1S/C63H94N2O13S4/c1-38-13-15-41-16-20-52(68)60-48(62(73)65-50(60)12-9-25-76-42-10-5-4-6-11-42)34-79-80-35-51-45-19-18-44(30-49(45)63(41,33-38)22-7-8-23-64-51)78-56-29-40-14-17-43(77-37-67)31-53(69)47(26-39-27-57(74-2)61(72)58(28-39)75-3)55(71)36-81-82-59(21-24-66)46(40)32-54(56)70/h27-29,32,38,41-45,47-53,55,59-60,64,66-72H,4-6,8-21,23-26,30-31,33-37H2,1-3H3,(H,65,73). The number of phenolic OH excluding ortho intramolecular Hbond substituents is 2. The van der Waals surface area contributed by atoms with Gasteiger partial charge in [-0.1, -0.05) is 81.7 Å². The molecule has 19 heteroatoms. The number of methoxy groups -OCH3 is 2. The molecule has 9 N–H and O–H groups in total. The number of carbonyl (C=O) groups is 1. The number of amides is 1. The number of benzene rings is 2. The first-order chi connectivity index (χ1) is 39.8. The number of aliphatic hydroxyl groups is 5. The minimum absolute atomic E-state index is 0.0231. The Hall–Kier alpha value is -2.45. The zero-order chi connectivity index (χ0) is 57.8. The number of fused-ring (bicyclic) bond motifs is 2. The van der Waals surface area contributed by atoms with E-state index in [1.54, 1.807) is 29.0 Å². The highest BCUT2D eigenvalue weighted by molar-refractivity contribution is 8.77. The van der Waals surface area contributed by atoms with E-state index in [0.717, 1.165) is 100 Å². The Morgan fingerprint density at radius 2 is 1.55 bits per heavy atom. The Labute approximate surface area is 503 Å². The fourth-order valence-electron chi connectivity index (χ4n) is 15.4. The normalized spacial score (nSPS) is 35.3. The van der Waals surface area contributed by atoms with E-state index in [0.29, 0.717) is 67.3 Å². The van der Waals surface area contributed by atoms with Crippen LogP contribution in [0.1, 0.15) is 151 Å². The van der Waals surface area contributed by atoms with E-state index in [-0.39, 0.29) is 107 Å². The first-order valence-corrected chi connectivity index (χ1v) is 35.7. The van der Waals surface area contributed by atoms with Crippen molar-refractivity contribution in [1.82, 2.24) is 10.6 Å². The molecule has 0 aromatic heterocycles. The van der Waals surface area contributed by atoms with Gasteiger partial charge in [0.15, 0.2) is 23.0 Å². The van der Waals surface area contributed by atoms with Gasteiger partial charge in [-0.2, -0.15) is 0 Å². The number of aliphatic hydroxyl groups excluding tert-OH is 5. The van der Waals surface area contributed by atoms with Crippen molar-refractivity contribution in [1.29, 1.82) is 0 Å². The first-order valence-electron chi connectivity index (χ1n) is 30.8. The predicted octanol–water partition coefficient (Wildman–Crippen LogP) is 9.52. The average molecular weight is 1220 g/mol. The van der Waals surface area contributed by atoms with Crippen LogP contribution in [0.5, 0.6) is 28.7 Å². The third kappa shape index (κ3) is 15.8. The van der Waals surface area contributed by atoms with Gasteiger partial charge in [0.25, 0.3) is 0 Å². The highest BCUT2D eigenvalue weighted by Crippen LogP contribution is 2.58. The first kappa shape index (κ1) is 64.0. The van der Waals surface area contributed by atoms with Crippen LogP contribution < -0.4 is 24.8 Å². The van der Waals surface area contributed by atoms with Gasteiger partial charge < -0.3 is 70.1 Å². The second kappa shape index (κ2) is 30.9. The molecule has 4 heterocycles. The molecule has 9 rings (SSSR count). The number of rotatable bonds is 15. The minimum atomic E-state index is -1.04. The van der Waals surface area contributed by atoms with Crippen LogP contribution in [0.2, 0.25) is 0 Å². The maximum Gasteiger partial charge on any atom is 0.224 e. The molecule has 0 radical (unpaired) electrons. The smallest absolute Gasteiger partial charge is 0.224 e. The summed E-state index contributed by atoms with van der Waals surface area (Å²) in [6.07, 6.45) is 14.0. The summed E-state index contributed by atoms with van der Waals surface area (Å²) in [4.78, 5) is 13.9. The molecule has 1 amide bonds. The fourth-order valence-corrected chi connectivity index (χ4v) is 21.0. The Morgan fingerprint density at radius 3 is 2.32 bits per heavy atom. The lowest BCUT2D eigenvalue weighted by Gasteiger charge is -2.54. The van der Waals surface area contributed by atoms with Crippen molar-refractivity contribution >= 4 is 49.1 Å². The third-order valence-electron chi connectivity index (χ3n) is 19.7. The van der Waals surface area contributed by atoms with E-state index < -0.39 is 37.1 Å². The fraction of sp³-hybridized carbons (Fsp3) is 0.762. The lowest BCUT2D eigenvalue weighted by atomic mass is 9.51. The number of carbonyl (C=O) groups excluding carboxylic acids is 1. The number of aromatic hydroxyl groups is 2. The van der Waals surface area contributed by atoms with Crippen LogP contribution in [0.25, 0.3) is 0 Å². The topological polar surface area (TPSA) is 229 Å². The summed E-state index contributed by atoms with van der Waals surface area (Å²) in [5.74, 6) is 10.5. The molecule has 2 aromatic carbocycles. The van der Waals surface area contributed by atoms with Crippen LogP contribution in [-0.4, -0.2) is 148 Å². The Bertz CT molecular complexity index is 2400. The molecule has 16 atom stereocenters. The molecule has 3 saturated carbocycles. The van der Waals surface area contributed by atoms with E-state index in [1.165, 1.54) is 55.1 Å². The van der Waals surface area contributed by atoms with Crippen LogP contribution in [0, 0.1) is 58.7 Å². The monoisotopic (exact) mass is 1210 g/mol. The van der Waals surface area contributed by atoms with Crippen molar-refractivity contribution in [2.75, 3.05) is 58.0 Å². The molecule has 7 aliphatic rings. The number of ether oxygens (including phenoxy) is 5. The Kier molecular flexibility index (Phi) is 24.2. The van der Waals surface area contributed by atoms with Crippen molar-refractivity contribution in [3.8, 4) is 40.6 Å². The quantitative estimate of drug-likeness (QED) is 0.0350. The largest absolute Gasteiger partial charge is 0.504 e. The number of nitrogens with one attached hydrogen (secondary N) is 2. The number of phenols is 2. The van der Waals surface area contributed by atoms with Gasteiger partial charge in [0, 0.05) is 78.0 Å². The SMILES string of the molecule is COc1cc(CC2C(O)CSSC(CCO)c3cc(O)c(OC4CCC5C6CSSCC7C(=O)NC(CCCOC8CCCCC8)C7C(O)CCC7CCC(C)CC7(C#CCCN6)C5C4)cc3CCC(OCO)CC2O)cc(OC)c1O. The van der Waals surface area contributed by atoms with E-state index in [2.05, 4.69) is 29.4 Å². The van der Waals surface area contributed by atoms with Crippen molar-refractivity contribution < 1.29 is 64.2 Å². The van der Waals surface area contributed by atoms with Crippen molar-refractivity contribution in [2.24, 2.45) is 46.8 Å². The lowest BCUT2D eigenvalue weighted by molar-refractivity contribution is -0.123. The van der Waals surface area contributed by atoms with Crippen molar-refractivity contribution in [3.63, 3.8) is 0 Å². The van der Waals surface area contributed by atoms with E-state index in [4.69, 9.17) is 23.7 Å². The Balaban J connectivity index is 0.962. The van der Waals surface area contributed by atoms with Crippen LogP contribution in [0.3, 0.4) is 0 Å². The summed E-state index contributed by atoms with van der Waals surface area (Å²) in [5.41, 5.74) is 2.13. The predicted molar refractivity (Wildman–Crippen MR) is 327 cm³/mol. The second-order valence-electron chi connectivity index (χ2n) is 24.8. The zero-order valence-corrected chi connectivity index (χ0v) is 51.8. The molecule has 3 aliphatic carbocycles.